The highest BCUT2D eigenvalue weighted by atomic mass is 19.1. The lowest BCUT2D eigenvalue weighted by Gasteiger charge is -2.10. The average Bonchev–Trinajstić information content (AvgIpc) is 2.37. The third kappa shape index (κ3) is 3.17. The van der Waals surface area contributed by atoms with Crippen molar-refractivity contribution in [2.45, 2.75) is 26.7 Å². The largest absolute Gasteiger partial charge is 0.330 e. The second-order valence-corrected chi connectivity index (χ2v) is 4.74. The molecule has 0 fully saturated rings. The Hall–Kier alpha value is -1.88. The Morgan fingerprint density at radius 3 is 2.30 bits per heavy atom. The lowest BCUT2D eigenvalue weighted by atomic mass is 10.1. The van der Waals surface area contributed by atoms with E-state index in [1.807, 2.05) is 13.8 Å². The van der Waals surface area contributed by atoms with Crippen molar-refractivity contribution >= 4 is 0 Å². The van der Waals surface area contributed by atoms with E-state index in [0.29, 0.717) is 17.9 Å². The molecule has 1 aromatic heterocycles. The van der Waals surface area contributed by atoms with Crippen molar-refractivity contribution in [1.82, 2.24) is 9.97 Å². The molecule has 1 aromatic carbocycles. The molecule has 0 unspecified atom stereocenters. The van der Waals surface area contributed by atoms with Crippen molar-refractivity contribution in [2.24, 2.45) is 5.73 Å². The van der Waals surface area contributed by atoms with E-state index in [1.54, 1.807) is 0 Å². The van der Waals surface area contributed by atoms with E-state index in [4.69, 9.17) is 5.73 Å². The molecule has 0 saturated heterocycles. The molecule has 0 amide bonds. The van der Waals surface area contributed by atoms with Crippen LogP contribution in [0.4, 0.5) is 8.78 Å². The maximum atomic E-state index is 13.6. The van der Waals surface area contributed by atoms with Crippen molar-refractivity contribution in [3.63, 3.8) is 0 Å². The number of hydrogen-bond donors (Lipinski definition) is 1. The molecule has 0 aliphatic heterocycles. The first-order chi connectivity index (χ1) is 9.51. The molecule has 5 heteroatoms. The van der Waals surface area contributed by atoms with Crippen LogP contribution in [0.3, 0.4) is 0 Å². The topological polar surface area (TPSA) is 51.8 Å². The number of rotatable bonds is 4. The summed E-state index contributed by atoms with van der Waals surface area (Å²) in [7, 11) is 0. The van der Waals surface area contributed by atoms with Crippen LogP contribution in [0, 0.1) is 25.5 Å². The highest BCUT2D eigenvalue weighted by molar-refractivity contribution is 5.27. The van der Waals surface area contributed by atoms with Crippen molar-refractivity contribution in [3.8, 4) is 0 Å². The third-order valence-electron chi connectivity index (χ3n) is 3.23. The fourth-order valence-corrected chi connectivity index (χ4v) is 2.23. The summed E-state index contributed by atoms with van der Waals surface area (Å²) in [6.45, 7) is 4.32. The number of aromatic nitrogens is 2. The van der Waals surface area contributed by atoms with Gasteiger partial charge in [0.15, 0.2) is 0 Å². The summed E-state index contributed by atoms with van der Waals surface area (Å²) in [5.41, 5.74) is 8.70. The minimum Gasteiger partial charge on any atom is -0.330 e. The smallest absolute Gasteiger partial charge is 0.133 e. The first-order valence-electron chi connectivity index (χ1n) is 6.48. The van der Waals surface area contributed by atoms with Crippen molar-refractivity contribution in [1.29, 1.82) is 0 Å². The van der Waals surface area contributed by atoms with Crippen LogP contribution in [-0.4, -0.2) is 16.5 Å². The second-order valence-electron chi connectivity index (χ2n) is 4.74. The fraction of sp³-hybridized carbons (Fsp3) is 0.333. The summed E-state index contributed by atoms with van der Waals surface area (Å²) < 4.78 is 26.5. The van der Waals surface area contributed by atoms with Gasteiger partial charge >= 0.3 is 0 Å². The number of nitrogens with zero attached hydrogens (tertiary/aromatic N) is 2. The van der Waals surface area contributed by atoms with E-state index in [-0.39, 0.29) is 6.42 Å². The summed E-state index contributed by atoms with van der Waals surface area (Å²) in [5.74, 6) is -0.626. The molecule has 2 N–H and O–H groups in total. The molecule has 0 spiro atoms. The van der Waals surface area contributed by atoms with Gasteiger partial charge in [0, 0.05) is 23.9 Å². The van der Waals surface area contributed by atoms with Crippen LogP contribution < -0.4 is 5.73 Å². The van der Waals surface area contributed by atoms with Gasteiger partial charge < -0.3 is 5.73 Å². The summed E-state index contributed by atoms with van der Waals surface area (Å²) >= 11 is 0. The number of aryl methyl sites for hydroxylation is 2. The minimum absolute atomic E-state index is 0.247. The summed E-state index contributed by atoms with van der Waals surface area (Å²) in [6.07, 6.45) is 0.972. The predicted molar refractivity (Wildman–Crippen MR) is 73.4 cm³/mol. The summed E-state index contributed by atoms with van der Waals surface area (Å²) in [4.78, 5) is 8.77. The second kappa shape index (κ2) is 6.05. The molecule has 0 bridgehead atoms. The van der Waals surface area contributed by atoms with Gasteiger partial charge in [-0.3, -0.25) is 0 Å². The average molecular weight is 277 g/mol. The van der Waals surface area contributed by atoms with E-state index < -0.39 is 11.6 Å². The SMILES string of the molecule is Cc1nc(Cc2ccc(F)cc2F)nc(C)c1CCN. The molecule has 20 heavy (non-hydrogen) atoms. The molecular formula is C15H17F2N3. The van der Waals surface area contributed by atoms with Gasteiger partial charge in [-0.05, 0) is 44.0 Å². The zero-order valence-corrected chi connectivity index (χ0v) is 11.6. The summed E-state index contributed by atoms with van der Waals surface area (Å²) in [6, 6.07) is 3.53. The molecular weight excluding hydrogens is 260 g/mol. The Kier molecular flexibility index (Phi) is 4.39. The molecule has 2 aromatic rings. The predicted octanol–water partition coefficient (Wildman–Crippen LogP) is 2.46. The Balaban J connectivity index is 2.30. The molecule has 0 atom stereocenters. The first-order valence-corrected chi connectivity index (χ1v) is 6.48. The van der Waals surface area contributed by atoms with Crippen LogP contribution in [0.15, 0.2) is 18.2 Å². The van der Waals surface area contributed by atoms with Gasteiger partial charge in [-0.1, -0.05) is 6.07 Å². The standard InChI is InChI=1S/C15H17F2N3/c1-9-13(5-6-18)10(2)20-15(19-9)7-11-3-4-12(16)8-14(11)17/h3-4,8H,5-7,18H2,1-2H3. The molecule has 3 nitrogen and oxygen atoms in total. The van der Waals surface area contributed by atoms with Gasteiger partial charge in [-0.15, -0.1) is 0 Å². The highest BCUT2D eigenvalue weighted by Crippen LogP contribution is 2.16. The fourth-order valence-electron chi connectivity index (χ4n) is 2.23. The quantitative estimate of drug-likeness (QED) is 0.934. The van der Waals surface area contributed by atoms with E-state index in [1.165, 1.54) is 12.1 Å². The van der Waals surface area contributed by atoms with E-state index in [0.717, 1.165) is 29.4 Å². The van der Waals surface area contributed by atoms with Crippen molar-refractivity contribution in [2.75, 3.05) is 6.54 Å². The third-order valence-corrected chi connectivity index (χ3v) is 3.23. The Morgan fingerprint density at radius 2 is 1.75 bits per heavy atom. The monoisotopic (exact) mass is 277 g/mol. The summed E-state index contributed by atoms with van der Waals surface area (Å²) in [5, 5.41) is 0. The molecule has 106 valence electrons. The molecule has 0 saturated carbocycles. The number of benzene rings is 1. The zero-order valence-electron chi connectivity index (χ0n) is 11.6. The van der Waals surface area contributed by atoms with Gasteiger partial charge in [0.1, 0.15) is 17.5 Å². The maximum absolute atomic E-state index is 13.6. The van der Waals surface area contributed by atoms with Crippen LogP contribution in [0.25, 0.3) is 0 Å². The number of halogens is 2. The number of hydrogen-bond acceptors (Lipinski definition) is 3. The Bertz CT molecular complexity index is 604. The minimum atomic E-state index is -0.585. The van der Waals surface area contributed by atoms with Crippen LogP contribution in [-0.2, 0) is 12.8 Å². The van der Waals surface area contributed by atoms with Crippen LogP contribution in [0.1, 0.15) is 28.3 Å². The zero-order chi connectivity index (χ0) is 14.7. The normalized spacial score (nSPS) is 10.8. The van der Waals surface area contributed by atoms with Gasteiger partial charge in [-0.25, -0.2) is 18.7 Å². The van der Waals surface area contributed by atoms with Crippen molar-refractivity contribution < 1.29 is 8.78 Å². The van der Waals surface area contributed by atoms with Crippen LogP contribution in [0.5, 0.6) is 0 Å². The van der Waals surface area contributed by atoms with E-state index >= 15 is 0 Å². The lowest BCUT2D eigenvalue weighted by molar-refractivity contribution is 0.573. The highest BCUT2D eigenvalue weighted by Gasteiger charge is 2.11. The van der Waals surface area contributed by atoms with Crippen molar-refractivity contribution in [3.05, 3.63) is 58.2 Å². The van der Waals surface area contributed by atoms with Gasteiger partial charge in [-0.2, -0.15) is 0 Å². The maximum Gasteiger partial charge on any atom is 0.133 e. The molecule has 2 rings (SSSR count). The van der Waals surface area contributed by atoms with E-state index in [2.05, 4.69) is 9.97 Å². The Labute approximate surface area is 116 Å². The van der Waals surface area contributed by atoms with Gasteiger partial charge in [0.05, 0.1) is 0 Å². The molecule has 0 radical (unpaired) electrons. The Morgan fingerprint density at radius 1 is 1.10 bits per heavy atom. The number of nitrogens with two attached hydrogens (primary N) is 1. The molecule has 0 aliphatic rings. The van der Waals surface area contributed by atoms with Gasteiger partial charge in [0.2, 0.25) is 0 Å². The van der Waals surface area contributed by atoms with Gasteiger partial charge in [0.25, 0.3) is 0 Å². The molecule has 0 aliphatic carbocycles. The van der Waals surface area contributed by atoms with E-state index in [9.17, 15) is 8.78 Å². The first kappa shape index (κ1) is 14.5. The molecule has 1 heterocycles. The van der Waals surface area contributed by atoms with Crippen LogP contribution >= 0.6 is 0 Å². The van der Waals surface area contributed by atoms with Crippen LogP contribution in [0.2, 0.25) is 0 Å². The lowest BCUT2D eigenvalue weighted by Crippen LogP contribution is -2.11.